The Morgan fingerprint density at radius 3 is 2.54 bits per heavy atom. The second-order valence-corrected chi connectivity index (χ2v) is 13.4. The highest BCUT2D eigenvalue weighted by Crippen LogP contribution is 2.34. The molecule has 1 aromatic carbocycles. The summed E-state index contributed by atoms with van der Waals surface area (Å²) in [6.45, 7) is 11.5. The number of piperidine rings is 1. The fraction of sp³-hybridized carbons (Fsp3) is 0.667. The molecular weight excluding hydrogens is 542 g/mol. The maximum atomic E-state index is 14.2. The van der Waals surface area contributed by atoms with E-state index in [2.05, 4.69) is 39.1 Å². The van der Waals surface area contributed by atoms with Gasteiger partial charge in [0, 0.05) is 32.2 Å². The van der Waals surface area contributed by atoms with E-state index in [1.54, 1.807) is 19.9 Å². The predicted octanol–water partition coefficient (Wildman–Crippen LogP) is 2.77. The monoisotopic (exact) mass is 587 g/mol. The van der Waals surface area contributed by atoms with Crippen LogP contribution >= 0.6 is 0 Å². The van der Waals surface area contributed by atoms with Crippen molar-refractivity contribution >= 4 is 16.0 Å². The summed E-state index contributed by atoms with van der Waals surface area (Å²) in [5.41, 5.74) is 2.58. The van der Waals surface area contributed by atoms with Gasteiger partial charge in [0.2, 0.25) is 5.91 Å². The maximum Gasteiger partial charge on any atom is 0.344 e. The highest BCUT2D eigenvalue weighted by molar-refractivity contribution is 7.87. The normalized spacial score (nSPS) is 21.6. The van der Waals surface area contributed by atoms with Gasteiger partial charge in [-0.15, -0.1) is 0 Å². The molecular formula is C30H45N5O5S. The molecule has 0 saturated carbocycles. The van der Waals surface area contributed by atoms with E-state index >= 15 is 0 Å². The second kappa shape index (κ2) is 12.8. The Bertz CT molecular complexity index is 1300. The summed E-state index contributed by atoms with van der Waals surface area (Å²) >= 11 is 0. The molecule has 10 nitrogen and oxygen atoms in total. The molecule has 2 saturated heterocycles. The van der Waals surface area contributed by atoms with Crippen LogP contribution in [-0.2, 0) is 27.8 Å². The Kier molecular flexibility index (Phi) is 9.37. The average Bonchev–Trinajstić information content (AvgIpc) is 3.31. The molecule has 0 radical (unpaired) electrons. The molecule has 2 fully saturated rings. The number of nitrogens with zero attached hydrogens (tertiary/aromatic N) is 4. The predicted molar refractivity (Wildman–Crippen MR) is 157 cm³/mol. The van der Waals surface area contributed by atoms with Crippen molar-refractivity contribution in [2.75, 3.05) is 52.9 Å². The third-order valence-corrected chi connectivity index (χ3v) is 10.5. The van der Waals surface area contributed by atoms with E-state index in [1.807, 2.05) is 12.1 Å². The Balaban J connectivity index is 1.39. The maximum absolute atomic E-state index is 14.2. The first-order chi connectivity index (χ1) is 19.7. The number of hydrogen-bond acceptors (Lipinski definition) is 9. The molecule has 1 aliphatic carbocycles. The number of carbonyl (C=O) groups is 1. The van der Waals surface area contributed by atoms with E-state index in [1.165, 1.54) is 5.56 Å². The molecule has 2 aromatic rings. The molecule has 1 amide bonds. The number of benzene rings is 1. The first-order valence-corrected chi connectivity index (χ1v) is 16.5. The number of aryl methyl sites for hydroxylation is 3. The number of amides is 1. The molecule has 2 aliphatic heterocycles. The second-order valence-electron chi connectivity index (χ2n) is 11.9. The molecule has 1 aromatic heterocycles. The molecule has 2 unspecified atom stereocenters. The summed E-state index contributed by atoms with van der Waals surface area (Å²) in [5, 5.41) is 7.25. The number of hydrogen-bond donors (Lipinski definition) is 1. The number of nitrogens with one attached hydrogen (secondary N) is 1. The molecule has 11 heteroatoms. The Labute approximate surface area is 244 Å². The molecule has 41 heavy (non-hydrogen) atoms. The molecule has 3 aliphatic rings. The third kappa shape index (κ3) is 6.63. The summed E-state index contributed by atoms with van der Waals surface area (Å²) in [6.07, 6.45) is 5.60. The summed E-state index contributed by atoms with van der Waals surface area (Å²) in [5.74, 6) is 1.11. The number of rotatable bonds is 9. The van der Waals surface area contributed by atoms with E-state index < -0.39 is 10.1 Å². The van der Waals surface area contributed by atoms with E-state index in [0.29, 0.717) is 5.92 Å². The molecule has 2 atom stereocenters. The van der Waals surface area contributed by atoms with Gasteiger partial charge in [0.25, 0.3) is 0 Å². The van der Waals surface area contributed by atoms with Gasteiger partial charge in [-0.1, -0.05) is 18.1 Å². The van der Waals surface area contributed by atoms with Crippen LogP contribution in [0.2, 0.25) is 0 Å². The SMILES string of the molecule is CCCN(C1CCc2ccc(OS(=O)(=O)c3c(C)noc3C)cc2C1)C(C(=O)N1CCN(C)CC1)C1CCNCC1. The van der Waals surface area contributed by atoms with Crippen LogP contribution in [-0.4, -0.2) is 99.1 Å². The smallest absolute Gasteiger partial charge is 0.344 e. The Morgan fingerprint density at radius 1 is 1.15 bits per heavy atom. The average molecular weight is 588 g/mol. The zero-order chi connectivity index (χ0) is 29.1. The van der Waals surface area contributed by atoms with Crippen molar-refractivity contribution in [2.24, 2.45) is 5.92 Å². The summed E-state index contributed by atoms with van der Waals surface area (Å²) < 4.78 is 36.8. The van der Waals surface area contributed by atoms with Gasteiger partial charge in [0.1, 0.15) is 11.4 Å². The molecule has 3 heterocycles. The fourth-order valence-electron chi connectivity index (χ4n) is 6.84. The highest BCUT2D eigenvalue weighted by atomic mass is 32.2. The topological polar surface area (TPSA) is 108 Å². The van der Waals surface area contributed by atoms with E-state index in [0.717, 1.165) is 89.9 Å². The van der Waals surface area contributed by atoms with Crippen LogP contribution in [0.4, 0.5) is 0 Å². The number of fused-ring (bicyclic) bond motifs is 1. The number of piperazine rings is 1. The lowest BCUT2D eigenvalue weighted by Crippen LogP contribution is -2.60. The summed E-state index contributed by atoms with van der Waals surface area (Å²) in [6, 6.07) is 5.64. The van der Waals surface area contributed by atoms with Crippen LogP contribution in [0.3, 0.4) is 0 Å². The van der Waals surface area contributed by atoms with Gasteiger partial charge >= 0.3 is 10.1 Å². The van der Waals surface area contributed by atoms with Gasteiger partial charge in [-0.2, -0.15) is 8.42 Å². The van der Waals surface area contributed by atoms with Crippen LogP contribution in [0, 0.1) is 19.8 Å². The van der Waals surface area contributed by atoms with Crippen molar-refractivity contribution in [1.29, 1.82) is 0 Å². The van der Waals surface area contributed by atoms with Gasteiger partial charge in [-0.05, 0) is 108 Å². The first-order valence-electron chi connectivity index (χ1n) is 15.1. The molecule has 5 rings (SSSR count). The number of likely N-dealkylation sites (N-methyl/N-ethyl adjacent to an activating group) is 1. The van der Waals surface area contributed by atoms with Crippen LogP contribution < -0.4 is 9.50 Å². The van der Waals surface area contributed by atoms with Gasteiger partial charge in [-0.25, -0.2) is 0 Å². The quantitative estimate of drug-likeness (QED) is 0.443. The van der Waals surface area contributed by atoms with E-state index in [-0.39, 0.29) is 40.1 Å². The van der Waals surface area contributed by atoms with Crippen molar-refractivity contribution in [2.45, 2.75) is 76.3 Å². The van der Waals surface area contributed by atoms with Crippen LogP contribution in [0.5, 0.6) is 5.75 Å². The minimum atomic E-state index is -4.08. The summed E-state index contributed by atoms with van der Waals surface area (Å²) in [4.78, 5) is 21.1. The van der Waals surface area contributed by atoms with Gasteiger partial charge < -0.3 is 23.8 Å². The van der Waals surface area contributed by atoms with Crippen molar-refractivity contribution in [1.82, 2.24) is 25.2 Å². The summed E-state index contributed by atoms with van der Waals surface area (Å²) in [7, 11) is -1.96. The molecule has 1 N–H and O–H groups in total. The third-order valence-electron chi connectivity index (χ3n) is 9.01. The molecule has 226 valence electrons. The zero-order valence-corrected chi connectivity index (χ0v) is 25.7. The van der Waals surface area contributed by atoms with Gasteiger partial charge in [-0.3, -0.25) is 9.69 Å². The van der Waals surface area contributed by atoms with Crippen LogP contribution in [0.1, 0.15) is 55.2 Å². The Hall–Kier alpha value is -2.47. The van der Waals surface area contributed by atoms with Crippen LogP contribution in [0.15, 0.2) is 27.6 Å². The zero-order valence-electron chi connectivity index (χ0n) is 24.9. The van der Waals surface area contributed by atoms with Gasteiger partial charge in [0.05, 0.1) is 6.04 Å². The van der Waals surface area contributed by atoms with E-state index in [9.17, 15) is 13.2 Å². The first kappa shape index (κ1) is 30.0. The van der Waals surface area contributed by atoms with Crippen molar-refractivity contribution in [3.05, 3.63) is 40.8 Å². The van der Waals surface area contributed by atoms with E-state index in [4.69, 9.17) is 8.71 Å². The highest BCUT2D eigenvalue weighted by Gasteiger charge is 2.41. The van der Waals surface area contributed by atoms with Crippen molar-refractivity contribution in [3.8, 4) is 5.75 Å². The number of carbonyl (C=O) groups excluding carboxylic acids is 1. The number of aromatic nitrogens is 1. The van der Waals surface area contributed by atoms with Crippen molar-refractivity contribution in [3.63, 3.8) is 0 Å². The standard InChI is InChI=1S/C30H45N5O5S/c1-5-14-35(28(24-10-12-31-13-11-24)30(36)34-17-15-33(4)16-18-34)26-8-6-23-7-9-27(20-25(23)19-26)40-41(37,38)29-21(2)32-39-22(29)3/h7,9,20,24,26,28,31H,5-6,8,10-19H2,1-4H3. The lowest BCUT2D eigenvalue weighted by Gasteiger charge is -2.46. The fourth-order valence-corrected chi connectivity index (χ4v) is 8.07. The lowest BCUT2D eigenvalue weighted by molar-refractivity contribution is -0.142. The molecule has 0 bridgehead atoms. The Morgan fingerprint density at radius 2 is 1.88 bits per heavy atom. The van der Waals surface area contributed by atoms with Gasteiger partial charge in [0.15, 0.2) is 10.7 Å². The lowest BCUT2D eigenvalue weighted by atomic mass is 9.83. The largest absolute Gasteiger partial charge is 0.379 e. The minimum absolute atomic E-state index is 0.0190. The van der Waals surface area contributed by atoms with Crippen LogP contribution in [0.25, 0.3) is 0 Å². The minimum Gasteiger partial charge on any atom is -0.379 e. The molecule has 0 spiro atoms. The van der Waals surface area contributed by atoms with Crippen molar-refractivity contribution < 1.29 is 21.9 Å².